The minimum Gasteiger partial charge on any atom is -0.484 e. The van der Waals surface area contributed by atoms with Gasteiger partial charge in [0.25, 0.3) is 0 Å². The third-order valence-electron chi connectivity index (χ3n) is 4.16. The Hall–Kier alpha value is -0.790. The molecule has 0 aromatic heterocycles. The van der Waals surface area contributed by atoms with Crippen LogP contribution in [0.3, 0.4) is 0 Å². The summed E-state index contributed by atoms with van der Waals surface area (Å²) >= 11 is 0. The minimum atomic E-state index is 0.0853. The highest BCUT2D eigenvalue weighted by Gasteiger charge is 2.58. The van der Waals surface area contributed by atoms with Crippen LogP contribution in [-0.4, -0.2) is 18.5 Å². The molecule has 0 unspecified atom stereocenters. The van der Waals surface area contributed by atoms with Crippen molar-refractivity contribution in [3.05, 3.63) is 11.1 Å². The van der Waals surface area contributed by atoms with Gasteiger partial charge in [-0.3, -0.25) is 0 Å². The van der Waals surface area contributed by atoms with Crippen molar-refractivity contribution in [1.29, 1.82) is 0 Å². The normalized spacial score (nSPS) is 41.4. The average molecular weight is 193 g/mol. The van der Waals surface area contributed by atoms with E-state index in [4.69, 9.17) is 4.74 Å². The van der Waals surface area contributed by atoms with Crippen molar-refractivity contribution in [2.24, 2.45) is 10.4 Å². The molecule has 0 fully saturated rings. The number of aliphatic imine (C=N–C) groups is 1. The van der Waals surface area contributed by atoms with Gasteiger partial charge in [0.15, 0.2) is 5.90 Å². The Morgan fingerprint density at radius 2 is 1.71 bits per heavy atom. The van der Waals surface area contributed by atoms with Crippen molar-refractivity contribution in [3.63, 3.8) is 0 Å². The second kappa shape index (κ2) is 2.62. The summed E-state index contributed by atoms with van der Waals surface area (Å²) in [6.07, 6.45) is 2.18. The van der Waals surface area contributed by atoms with Crippen molar-refractivity contribution < 1.29 is 4.74 Å². The third-order valence-corrected chi connectivity index (χ3v) is 4.16. The summed E-state index contributed by atoms with van der Waals surface area (Å²) < 4.78 is 5.33. The molecule has 2 atom stereocenters. The van der Waals surface area contributed by atoms with Gasteiger partial charge in [-0.25, -0.2) is 4.99 Å². The van der Waals surface area contributed by atoms with E-state index in [1.165, 1.54) is 11.1 Å². The van der Waals surface area contributed by atoms with Gasteiger partial charge >= 0.3 is 0 Å². The molecule has 78 valence electrons. The van der Waals surface area contributed by atoms with Gasteiger partial charge in [-0.2, -0.15) is 0 Å². The fraction of sp³-hybridized carbons (Fsp3) is 0.750. The molecule has 1 heterocycles. The molecule has 1 aliphatic carbocycles. The molecule has 0 aromatic rings. The van der Waals surface area contributed by atoms with Crippen LogP contribution in [0.1, 0.15) is 40.5 Å². The van der Waals surface area contributed by atoms with Gasteiger partial charge in [-0.1, -0.05) is 11.1 Å². The molecule has 0 radical (unpaired) electrons. The molecule has 2 rings (SSSR count). The Bertz CT molecular complexity index is 342. The summed E-state index contributed by atoms with van der Waals surface area (Å²) in [4.78, 5) is 4.61. The summed E-state index contributed by atoms with van der Waals surface area (Å²) in [7, 11) is 1.73. The van der Waals surface area contributed by atoms with E-state index in [1.54, 1.807) is 7.11 Å². The van der Waals surface area contributed by atoms with Crippen LogP contribution in [0.5, 0.6) is 0 Å². The van der Waals surface area contributed by atoms with E-state index in [1.807, 2.05) is 0 Å². The zero-order valence-corrected chi connectivity index (χ0v) is 9.77. The lowest BCUT2D eigenvalue weighted by molar-refractivity contribution is 0.131. The van der Waals surface area contributed by atoms with Crippen LogP contribution < -0.4 is 0 Å². The quantitative estimate of drug-likeness (QED) is 0.542. The fourth-order valence-corrected chi connectivity index (χ4v) is 2.77. The second-order valence-electron chi connectivity index (χ2n) is 5.14. The van der Waals surface area contributed by atoms with E-state index >= 15 is 0 Å². The maximum atomic E-state index is 5.33. The van der Waals surface area contributed by atoms with E-state index in [0.29, 0.717) is 0 Å². The van der Waals surface area contributed by atoms with Crippen molar-refractivity contribution in [1.82, 2.24) is 0 Å². The Labute approximate surface area is 86.1 Å². The Morgan fingerprint density at radius 1 is 1.14 bits per heavy atom. The van der Waals surface area contributed by atoms with E-state index in [-0.39, 0.29) is 11.0 Å². The summed E-state index contributed by atoms with van der Waals surface area (Å²) in [5, 5.41) is 0. The van der Waals surface area contributed by atoms with Gasteiger partial charge in [0.05, 0.1) is 18.1 Å². The van der Waals surface area contributed by atoms with Crippen LogP contribution in [-0.2, 0) is 4.74 Å². The van der Waals surface area contributed by atoms with Crippen LogP contribution >= 0.6 is 0 Å². The van der Waals surface area contributed by atoms with Crippen molar-refractivity contribution in [2.45, 2.75) is 46.1 Å². The van der Waals surface area contributed by atoms with E-state index in [9.17, 15) is 0 Å². The first-order chi connectivity index (χ1) is 6.43. The van der Waals surface area contributed by atoms with Crippen LogP contribution in [0.4, 0.5) is 0 Å². The topological polar surface area (TPSA) is 21.6 Å². The van der Waals surface area contributed by atoms with Crippen LogP contribution in [0.15, 0.2) is 16.1 Å². The van der Waals surface area contributed by atoms with Gasteiger partial charge in [0.2, 0.25) is 0 Å². The number of hydrogen-bond donors (Lipinski definition) is 0. The molecule has 0 N–H and O–H groups in total. The van der Waals surface area contributed by atoms with Gasteiger partial charge in [0, 0.05) is 0 Å². The molecule has 0 spiro atoms. The van der Waals surface area contributed by atoms with Gasteiger partial charge < -0.3 is 4.74 Å². The molecule has 0 amide bonds. The zero-order valence-electron chi connectivity index (χ0n) is 9.77. The Kier molecular flexibility index (Phi) is 1.82. The second-order valence-corrected chi connectivity index (χ2v) is 5.14. The lowest BCUT2D eigenvalue weighted by Crippen LogP contribution is -2.59. The Balaban J connectivity index is 2.38. The SMILES string of the molecule is COC1=N[C@@]2(C)CC(C)=C(C)C[C@@]12C. The maximum absolute atomic E-state index is 5.33. The number of fused-ring (bicyclic) bond motifs is 1. The fourth-order valence-electron chi connectivity index (χ4n) is 2.77. The first-order valence-electron chi connectivity index (χ1n) is 5.22. The van der Waals surface area contributed by atoms with Gasteiger partial charge in [-0.05, 0) is 40.5 Å². The maximum Gasteiger partial charge on any atom is 0.192 e. The number of ether oxygens (including phenoxy) is 1. The summed E-state index contributed by atoms with van der Waals surface area (Å²) in [5.41, 5.74) is 3.24. The molecule has 2 aliphatic rings. The highest BCUT2D eigenvalue weighted by Crippen LogP contribution is 2.55. The number of hydrogen-bond acceptors (Lipinski definition) is 2. The molecule has 2 nitrogen and oxygen atoms in total. The van der Waals surface area contributed by atoms with Crippen molar-refractivity contribution in [2.75, 3.05) is 7.11 Å². The predicted octanol–water partition coefficient (Wildman–Crippen LogP) is 2.94. The molecule has 0 saturated carbocycles. The van der Waals surface area contributed by atoms with Crippen LogP contribution in [0, 0.1) is 5.41 Å². The largest absolute Gasteiger partial charge is 0.484 e. The highest BCUT2D eigenvalue weighted by molar-refractivity contribution is 5.90. The molecule has 1 aliphatic heterocycles. The first-order valence-corrected chi connectivity index (χ1v) is 5.22. The van der Waals surface area contributed by atoms with Gasteiger partial charge in [0.1, 0.15) is 0 Å². The Morgan fingerprint density at radius 3 is 2.29 bits per heavy atom. The minimum absolute atomic E-state index is 0.0853. The standard InChI is InChI=1S/C12H19NO/c1-8-6-11(3)10(14-5)13-12(11,4)7-9(8)2/h6-7H2,1-5H3/t11-,12-/m0/s1. The average Bonchev–Trinajstić information content (AvgIpc) is 2.11. The first kappa shape index (κ1) is 9.75. The van der Waals surface area contributed by atoms with Crippen LogP contribution in [0.2, 0.25) is 0 Å². The number of nitrogens with zero attached hydrogens (tertiary/aromatic N) is 1. The lowest BCUT2D eigenvalue weighted by atomic mass is 9.58. The number of methoxy groups -OCH3 is 1. The molecular weight excluding hydrogens is 174 g/mol. The zero-order chi connectivity index (χ0) is 10.6. The smallest absolute Gasteiger partial charge is 0.192 e. The van der Waals surface area contributed by atoms with Crippen molar-refractivity contribution >= 4 is 5.90 Å². The number of rotatable bonds is 0. The molecule has 0 bridgehead atoms. The molecule has 0 aromatic carbocycles. The summed E-state index contributed by atoms with van der Waals surface area (Å²) in [6.45, 7) is 8.96. The molecule has 2 heteroatoms. The molecule has 0 saturated heterocycles. The molecule has 14 heavy (non-hydrogen) atoms. The van der Waals surface area contributed by atoms with E-state index < -0.39 is 0 Å². The van der Waals surface area contributed by atoms with E-state index in [2.05, 4.69) is 32.7 Å². The third kappa shape index (κ3) is 0.943. The monoisotopic (exact) mass is 193 g/mol. The van der Waals surface area contributed by atoms with Crippen LogP contribution in [0.25, 0.3) is 0 Å². The number of allylic oxidation sites excluding steroid dienone is 1. The summed E-state index contributed by atoms with van der Waals surface area (Å²) in [6, 6.07) is 0. The lowest BCUT2D eigenvalue weighted by Gasteiger charge is -2.54. The summed E-state index contributed by atoms with van der Waals surface area (Å²) in [5.74, 6) is 0.937. The highest BCUT2D eigenvalue weighted by atomic mass is 16.5. The molecular formula is C12H19NO. The van der Waals surface area contributed by atoms with Gasteiger partial charge in [-0.15, -0.1) is 0 Å². The predicted molar refractivity (Wildman–Crippen MR) is 58.6 cm³/mol. The van der Waals surface area contributed by atoms with E-state index in [0.717, 1.165) is 18.7 Å². The van der Waals surface area contributed by atoms with Crippen molar-refractivity contribution in [3.8, 4) is 0 Å².